The molecule has 0 amide bonds. The summed E-state index contributed by atoms with van der Waals surface area (Å²) >= 11 is 0. The zero-order valence-corrected chi connectivity index (χ0v) is 8.64. The van der Waals surface area contributed by atoms with Crippen molar-refractivity contribution in [2.45, 2.75) is 0 Å². The van der Waals surface area contributed by atoms with Crippen LogP contribution < -0.4 is 15.0 Å². The van der Waals surface area contributed by atoms with Gasteiger partial charge >= 0.3 is 0 Å². The summed E-state index contributed by atoms with van der Waals surface area (Å²) in [5.41, 5.74) is -0.264. The van der Waals surface area contributed by atoms with E-state index in [1.54, 1.807) is 19.2 Å². The molecule has 0 spiro atoms. The van der Waals surface area contributed by atoms with Crippen molar-refractivity contribution in [2.75, 3.05) is 7.11 Å². The van der Waals surface area contributed by atoms with E-state index in [4.69, 9.17) is 9.47 Å². The first-order chi connectivity index (χ1) is 7.79. The molecule has 16 heavy (non-hydrogen) atoms. The summed E-state index contributed by atoms with van der Waals surface area (Å²) in [6.07, 6.45) is 1.28. The van der Waals surface area contributed by atoms with Gasteiger partial charge in [0.1, 0.15) is 0 Å². The van der Waals surface area contributed by atoms with Gasteiger partial charge in [0.05, 0.1) is 19.5 Å². The van der Waals surface area contributed by atoms with E-state index >= 15 is 0 Å². The number of aromatic amines is 1. The van der Waals surface area contributed by atoms with Gasteiger partial charge in [-0.15, -0.1) is 0 Å². The Bertz CT molecular complexity index is 537. The van der Waals surface area contributed by atoms with Gasteiger partial charge in [0, 0.05) is 0 Å². The van der Waals surface area contributed by atoms with Crippen LogP contribution in [-0.4, -0.2) is 17.1 Å². The highest BCUT2D eigenvalue weighted by molar-refractivity contribution is 5.41. The summed E-state index contributed by atoms with van der Waals surface area (Å²) in [5, 5.41) is 0. The number of aromatic nitrogens is 2. The van der Waals surface area contributed by atoms with E-state index in [9.17, 15) is 4.79 Å². The lowest BCUT2D eigenvalue weighted by Gasteiger charge is -2.08. The Morgan fingerprint density at radius 1 is 1.25 bits per heavy atom. The first-order valence-corrected chi connectivity index (χ1v) is 4.65. The van der Waals surface area contributed by atoms with E-state index in [0.29, 0.717) is 11.5 Å². The second kappa shape index (κ2) is 4.48. The Labute approximate surface area is 91.7 Å². The molecule has 0 unspecified atom stereocenters. The van der Waals surface area contributed by atoms with Crippen molar-refractivity contribution < 1.29 is 9.47 Å². The van der Waals surface area contributed by atoms with Crippen molar-refractivity contribution in [3.63, 3.8) is 0 Å². The van der Waals surface area contributed by atoms with Gasteiger partial charge in [-0.1, -0.05) is 12.1 Å². The highest BCUT2D eigenvalue weighted by atomic mass is 16.5. The molecular formula is C11H10N2O3. The van der Waals surface area contributed by atoms with Gasteiger partial charge in [0.2, 0.25) is 5.88 Å². The molecule has 82 valence electrons. The fourth-order valence-corrected chi connectivity index (χ4v) is 1.22. The number of ether oxygens (including phenoxy) is 2. The smallest absolute Gasteiger partial charge is 0.254 e. The third-order valence-electron chi connectivity index (χ3n) is 1.94. The molecule has 0 aliphatic carbocycles. The van der Waals surface area contributed by atoms with E-state index in [2.05, 4.69) is 9.97 Å². The molecule has 0 aliphatic heterocycles. The Balaban J connectivity index is 2.30. The zero-order valence-electron chi connectivity index (χ0n) is 8.64. The summed E-state index contributed by atoms with van der Waals surface area (Å²) < 4.78 is 10.5. The van der Waals surface area contributed by atoms with E-state index in [0.717, 1.165) is 0 Å². The number of H-pyrrole nitrogens is 1. The number of hydrogen-bond acceptors (Lipinski definition) is 4. The molecular weight excluding hydrogens is 208 g/mol. The zero-order chi connectivity index (χ0) is 11.4. The predicted molar refractivity (Wildman–Crippen MR) is 57.9 cm³/mol. The van der Waals surface area contributed by atoms with Crippen LogP contribution in [-0.2, 0) is 0 Å². The summed E-state index contributed by atoms with van der Waals surface area (Å²) in [5.74, 6) is 1.33. The van der Waals surface area contributed by atoms with Gasteiger partial charge in [0.25, 0.3) is 5.56 Å². The highest BCUT2D eigenvalue weighted by Gasteiger charge is 2.04. The summed E-state index contributed by atoms with van der Waals surface area (Å²) in [7, 11) is 1.55. The molecule has 5 nitrogen and oxygen atoms in total. The second-order valence-electron chi connectivity index (χ2n) is 3.00. The number of nitrogens with one attached hydrogen (secondary N) is 1. The fourth-order valence-electron chi connectivity index (χ4n) is 1.22. The SMILES string of the molecule is COc1ccccc1Oc1cc(=O)[nH]cn1. The lowest BCUT2D eigenvalue weighted by molar-refractivity contribution is 0.373. The second-order valence-corrected chi connectivity index (χ2v) is 3.00. The molecule has 0 atom stereocenters. The molecule has 0 saturated heterocycles. The van der Waals surface area contributed by atoms with Crippen LogP contribution in [0.3, 0.4) is 0 Å². The Kier molecular flexibility index (Phi) is 2.86. The minimum Gasteiger partial charge on any atom is -0.493 e. The van der Waals surface area contributed by atoms with Crippen LogP contribution in [0.2, 0.25) is 0 Å². The molecule has 2 aromatic rings. The fraction of sp³-hybridized carbons (Fsp3) is 0.0909. The van der Waals surface area contributed by atoms with Crippen LogP contribution in [0.5, 0.6) is 17.4 Å². The number of rotatable bonds is 3. The van der Waals surface area contributed by atoms with Crippen LogP contribution in [0, 0.1) is 0 Å². The van der Waals surface area contributed by atoms with Gasteiger partial charge in [-0.05, 0) is 12.1 Å². The molecule has 1 aromatic carbocycles. The van der Waals surface area contributed by atoms with Crippen LogP contribution in [0.4, 0.5) is 0 Å². The predicted octanol–water partition coefficient (Wildman–Crippen LogP) is 1.57. The molecule has 1 N–H and O–H groups in total. The Morgan fingerprint density at radius 3 is 2.69 bits per heavy atom. The Morgan fingerprint density at radius 2 is 2.00 bits per heavy atom. The highest BCUT2D eigenvalue weighted by Crippen LogP contribution is 2.29. The van der Waals surface area contributed by atoms with E-state index in [-0.39, 0.29) is 11.4 Å². The standard InChI is InChI=1S/C11H10N2O3/c1-15-8-4-2-3-5-9(8)16-11-6-10(14)12-7-13-11/h2-7H,1H3,(H,12,13,14). The number of para-hydroxylation sites is 2. The van der Waals surface area contributed by atoms with Crippen molar-refractivity contribution in [1.29, 1.82) is 0 Å². The van der Waals surface area contributed by atoms with Gasteiger partial charge in [-0.2, -0.15) is 0 Å². The first kappa shape index (κ1) is 10.2. The normalized spacial score (nSPS) is 9.81. The van der Waals surface area contributed by atoms with Crippen molar-refractivity contribution in [2.24, 2.45) is 0 Å². The molecule has 0 aliphatic rings. The first-order valence-electron chi connectivity index (χ1n) is 4.65. The van der Waals surface area contributed by atoms with Crippen LogP contribution >= 0.6 is 0 Å². The molecule has 0 bridgehead atoms. The summed E-state index contributed by atoms with van der Waals surface area (Å²) in [4.78, 5) is 17.3. The van der Waals surface area contributed by atoms with Gasteiger partial charge < -0.3 is 14.5 Å². The minimum atomic E-state index is -0.264. The van der Waals surface area contributed by atoms with Crippen molar-refractivity contribution in [1.82, 2.24) is 9.97 Å². The number of benzene rings is 1. The quantitative estimate of drug-likeness (QED) is 0.849. The minimum absolute atomic E-state index is 0.230. The third-order valence-corrected chi connectivity index (χ3v) is 1.94. The molecule has 0 saturated carbocycles. The average molecular weight is 218 g/mol. The van der Waals surface area contributed by atoms with Gasteiger partial charge in [-0.25, -0.2) is 4.98 Å². The summed E-state index contributed by atoms with van der Waals surface area (Å²) in [6.45, 7) is 0. The molecule has 1 heterocycles. The van der Waals surface area contributed by atoms with E-state index in [1.807, 2.05) is 12.1 Å². The maximum Gasteiger partial charge on any atom is 0.254 e. The lowest BCUT2D eigenvalue weighted by Crippen LogP contribution is -2.04. The Hall–Kier alpha value is -2.30. The molecule has 0 radical (unpaired) electrons. The van der Waals surface area contributed by atoms with E-state index in [1.165, 1.54) is 12.4 Å². The number of hydrogen-bond donors (Lipinski definition) is 1. The van der Waals surface area contributed by atoms with Crippen LogP contribution in [0.15, 0.2) is 41.5 Å². The number of methoxy groups -OCH3 is 1. The van der Waals surface area contributed by atoms with Crippen LogP contribution in [0.1, 0.15) is 0 Å². The number of nitrogens with zero attached hydrogens (tertiary/aromatic N) is 1. The van der Waals surface area contributed by atoms with Crippen LogP contribution in [0.25, 0.3) is 0 Å². The third kappa shape index (κ3) is 2.20. The maximum absolute atomic E-state index is 11.0. The van der Waals surface area contributed by atoms with Gasteiger partial charge in [0.15, 0.2) is 11.5 Å². The molecule has 1 aromatic heterocycles. The topological polar surface area (TPSA) is 64.2 Å². The van der Waals surface area contributed by atoms with Crippen molar-refractivity contribution >= 4 is 0 Å². The average Bonchev–Trinajstić information content (AvgIpc) is 2.30. The van der Waals surface area contributed by atoms with E-state index < -0.39 is 0 Å². The lowest BCUT2D eigenvalue weighted by atomic mass is 10.3. The molecule has 0 fully saturated rings. The maximum atomic E-state index is 11.0. The van der Waals surface area contributed by atoms with Crippen molar-refractivity contribution in [3.05, 3.63) is 47.0 Å². The molecule has 2 rings (SSSR count). The largest absolute Gasteiger partial charge is 0.493 e. The summed E-state index contributed by atoms with van der Waals surface area (Å²) in [6, 6.07) is 8.42. The van der Waals surface area contributed by atoms with Crippen molar-refractivity contribution in [3.8, 4) is 17.4 Å². The monoisotopic (exact) mass is 218 g/mol. The van der Waals surface area contributed by atoms with Gasteiger partial charge in [-0.3, -0.25) is 4.79 Å². The molecule has 5 heteroatoms.